The van der Waals surface area contributed by atoms with E-state index in [2.05, 4.69) is 21.2 Å². The first-order valence-corrected chi connectivity index (χ1v) is 6.91. The number of nitrogens with one attached hydrogen (secondary N) is 1. The summed E-state index contributed by atoms with van der Waals surface area (Å²) < 4.78 is 0.862. The number of carbonyl (C=O) groups is 2. The lowest BCUT2D eigenvalue weighted by molar-refractivity contribution is -0.126. The van der Waals surface area contributed by atoms with E-state index in [0.29, 0.717) is 18.9 Å². The molecular formula is C13H16BrN3O2. The van der Waals surface area contributed by atoms with Crippen molar-refractivity contribution in [1.29, 1.82) is 0 Å². The predicted octanol–water partition coefficient (Wildman–Crippen LogP) is 2.41. The lowest BCUT2D eigenvalue weighted by Crippen LogP contribution is -2.34. The third kappa shape index (κ3) is 2.89. The molecule has 1 aliphatic rings. The second-order valence-corrected chi connectivity index (χ2v) is 5.25. The van der Waals surface area contributed by atoms with Crippen LogP contribution in [0.5, 0.6) is 0 Å². The topological polar surface area (TPSA) is 52.6 Å². The van der Waals surface area contributed by atoms with Crippen LogP contribution in [0.3, 0.4) is 0 Å². The number of anilines is 1. The Morgan fingerprint density at radius 1 is 1.47 bits per heavy atom. The number of hydrogen-bond acceptors (Lipinski definition) is 2. The molecule has 6 heteroatoms. The molecule has 0 aliphatic carbocycles. The van der Waals surface area contributed by atoms with Crippen molar-refractivity contribution in [2.75, 3.05) is 25.1 Å². The van der Waals surface area contributed by atoms with E-state index in [4.69, 9.17) is 0 Å². The van der Waals surface area contributed by atoms with E-state index in [1.165, 1.54) is 4.90 Å². The van der Waals surface area contributed by atoms with Crippen LogP contribution in [-0.2, 0) is 4.79 Å². The van der Waals surface area contributed by atoms with Gasteiger partial charge < -0.3 is 10.2 Å². The van der Waals surface area contributed by atoms with Crippen LogP contribution in [0, 0.1) is 6.92 Å². The number of hydrogen-bond donors (Lipinski definition) is 1. The Morgan fingerprint density at radius 2 is 2.21 bits per heavy atom. The van der Waals surface area contributed by atoms with E-state index < -0.39 is 0 Å². The molecule has 0 saturated carbocycles. The summed E-state index contributed by atoms with van der Waals surface area (Å²) in [6.07, 6.45) is 0. The van der Waals surface area contributed by atoms with Gasteiger partial charge in [-0.2, -0.15) is 0 Å². The molecule has 1 aromatic rings. The number of benzene rings is 1. The average molecular weight is 326 g/mol. The molecule has 0 radical (unpaired) electrons. The molecule has 19 heavy (non-hydrogen) atoms. The lowest BCUT2D eigenvalue weighted by Gasteiger charge is -2.18. The van der Waals surface area contributed by atoms with Gasteiger partial charge in [0, 0.05) is 11.0 Å². The highest BCUT2D eigenvalue weighted by Gasteiger charge is 2.29. The molecule has 0 unspecified atom stereocenters. The van der Waals surface area contributed by atoms with Gasteiger partial charge in [-0.1, -0.05) is 12.1 Å². The van der Waals surface area contributed by atoms with Crippen molar-refractivity contribution in [3.63, 3.8) is 0 Å². The van der Waals surface area contributed by atoms with Gasteiger partial charge in [-0.3, -0.25) is 9.69 Å². The van der Waals surface area contributed by atoms with Gasteiger partial charge in [0.15, 0.2) is 0 Å². The maximum absolute atomic E-state index is 12.1. The van der Waals surface area contributed by atoms with E-state index in [1.807, 2.05) is 32.0 Å². The minimum atomic E-state index is -0.254. The average Bonchev–Trinajstić information content (AvgIpc) is 2.76. The Bertz CT molecular complexity index is 519. The van der Waals surface area contributed by atoms with Crippen LogP contribution in [0.25, 0.3) is 0 Å². The fourth-order valence-corrected chi connectivity index (χ4v) is 2.31. The van der Waals surface area contributed by atoms with Crippen LogP contribution in [0.4, 0.5) is 10.5 Å². The van der Waals surface area contributed by atoms with Crippen molar-refractivity contribution in [3.8, 4) is 0 Å². The van der Waals surface area contributed by atoms with Gasteiger partial charge in [0.25, 0.3) is 0 Å². The maximum atomic E-state index is 12.1. The van der Waals surface area contributed by atoms with Crippen LogP contribution in [-0.4, -0.2) is 41.5 Å². The first kappa shape index (κ1) is 13.9. The largest absolute Gasteiger partial charge is 0.324 e. The second kappa shape index (κ2) is 5.61. The van der Waals surface area contributed by atoms with Gasteiger partial charge in [-0.05, 0) is 41.4 Å². The smallest absolute Gasteiger partial charge is 0.323 e. The fourth-order valence-electron chi connectivity index (χ4n) is 1.95. The Hall–Kier alpha value is -1.56. The number of nitrogens with zero attached hydrogens (tertiary/aromatic N) is 2. The van der Waals surface area contributed by atoms with Crippen molar-refractivity contribution in [1.82, 2.24) is 9.80 Å². The van der Waals surface area contributed by atoms with Crippen LogP contribution in [0.1, 0.15) is 12.5 Å². The molecule has 0 aromatic heterocycles. The molecule has 1 aromatic carbocycles. The second-order valence-electron chi connectivity index (χ2n) is 4.46. The molecule has 1 fully saturated rings. The first-order chi connectivity index (χ1) is 9.02. The minimum Gasteiger partial charge on any atom is -0.324 e. The van der Waals surface area contributed by atoms with Crippen molar-refractivity contribution < 1.29 is 9.59 Å². The molecule has 1 N–H and O–H groups in total. The Labute approximate surface area is 120 Å². The van der Waals surface area contributed by atoms with Crippen LogP contribution < -0.4 is 5.32 Å². The highest BCUT2D eigenvalue weighted by Crippen LogP contribution is 2.26. The molecular weight excluding hydrogens is 310 g/mol. The monoisotopic (exact) mass is 325 g/mol. The van der Waals surface area contributed by atoms with Crippen molar-refractivity contribution in [2.45, 2.75) is 13.8 Å². The summed E-state index contributed by atoms with van der Waals surface area (Å²) in [6, 6.07) is 5.40. The third-order valence-corrected chi connectivity index (χ3v) is 4.18. The standard InChI is InChI=1S/C13H16BrN3O2/c1-3-16-8-17(7-11(16)18)13(19)15-10-6-4-5-9(2)12(10)14/h4-6H,3,7-8H2,1-2H3,(H,15,19). The summed E-state index contributed by atoms with van der Waals surface area (Å²) in [5.74, 6) is -0.0130. The minimum absolute atomic E-state index is 0.0130. The van der Waals surface area contributed by atoms with Gasteiger partial charge >= 0.3 is 6.03 Å². The number of amides is 3. The summed E-state index contributed by atoms with van der Waals surface area (Å²) >= 11 is 3.44. The molecule has 0 spiro atoms. The van der Waals surface area contributed by atoms with Crippen LogP contribution >= 0.6 is 15.9 Å². The molecule has 3 amide bonds. The van der Waals surface area contributed by atoms with Crippen molar-refractivity contribution >= 4 is 33.6 Å². The Balaban J connectivity index is 2.06. The van der Waals surface area contributed by atoms with Gasteiger partial charge in [0.2, 0.25) is 5.91 Å². The number of rotatable bonds is 2. The van der Waals surface area contributed by atoms with E-state index in [-0.39, 0.29) is 18.5 Å². The summed E-state index contributed by atoms with van der Waals surface area (Å²) in [4.78, 5) is 26.8. The lowest BCUT2D eigenvalue weighted by atomic mass is 10.2. The SMILES string of the molecule is CCN1CN(C(=O)Nc2cccc(C)c2Br)CC1=O. The zero-order chi connectivity index (χ0) is 14.0. The number of urea groups is 1. The van der Waals surface area contributed by atoms with Gasteiger partial charge in [-0.25, -0.2) is 4.79 Å². The highest BCUT2D eigenvalue weighted by atomic mass is 79.9. The maximum Gasteiger partial charge on any atom is 0.323 e. The Morgan fingerprint density at radius 3 is 2.84 bits per heavy atom. The quantitative estimate of drug-likeness (QED) is 0.907. The predicted molar refractivity (Wildman–Crippen MR) is 76.9 cm³/mol. The molecule has 1 saturated heterocycles. The summed E-state index contributed by atoms with van der Waals surface area (Å²) in [5.41, 5.74) is 1.76. The first-order valence-electron chi connectivity index (χ1n) is 6.11. The van der Waals surface area contributed by atoms with Gasteiger partial charge in [0.05, 0.1) is 12.4 Å². The third-order valence-electron chi connectivity index (χ3n) is 3.12. The van der Waals surface area contributed by atoms with E-state index >= 15 is 0 Å². The molecule has 102 valence electrons. The van der Waals surface area contributed by atoms with E-state index in [0.717, 1.165) is 10.0 Å². The fraction of sp³-hybridized carbons (Fsp3) is 0.385. The highest BCUT2D eigenvalue weighted by molar-refractivity contribution is 9.10. The van der Waals surface area contributed by atoms with Gasteiger partial charge in [0.1, 0.15) is 6.54 Å². The molecule has 0 atom stereocenters. The zero-order valence-electron chi connectivity index (χ0n) is 10.9. The van der Waals surface area contributed by atoms with Crippen molar-refractivity contribution in [3.05, 3.63) is 28.2 Å². The normalized spacial score (nSPS) is 15.0. The molecule has 1 heterocycles. The number of carbonyl (C=O) groups excluding carboxylic acids is 2. The van der Waals surface area contributed by atoms with Gasteiger partial charge in [-0.15, -0.1) is 0 Å². The van der Waals surface area contributed by atoms with Crippen molar-refractivity contribution in [2.24, 2.45) is 0 Å². The number of halogens is 1. The number of likely N-dealkylation sites (N-methyl/N-ethyl adjacent to an activating group) is 1. The number of aryl methyl sites for hydroxylation is 1. The van der Waals surface area contributed by atoms with E-state index in [9.17, 15) is 9.59 Å². The summed E-state index contributed by atoms with van der Waals surface area (Å²) in [5, 5.41) is 2.82. The van der Waals surface area contributed by atoms with Crippen LogP contribution in [0.15, 0.2) is 22.7 Å². The van der Waals surface area contributed by atoms with E-state index in [1.54, 1.807) is 4.90 Å². The summed E-state index contributed by atoms with van der Waals surface area (Å²) in [6.45, 7) is 4.97. The molecule has 1 aliphatic heterocycles. The summed E-state index contributed by atoms with van der Waals surface area (Å²) in [7, 11) is 0. The zero-order valence-corrected chi connectivity index (χ0v) is 12.5. The van der Waals surface area contributed by atoms with Crippen LogP contribution in [0.2, 0.25) is 0 Å². The molecule has 0 bridgehead atoms. The molecule has 2 rings (SSSR count). The Kier molecular flexibility index (Phi) is 4.09. The molecule has 5 nitrogen and oxygen atoms in total.